The molecule has 4 aromatic heterocycles. The van der Waals surface area contributed by atoms with Crippen molar-refractivity contribution in [1.29, 1.82) is 0 Å². The van der Waals surface area contributed by atoms with E-state index in [0.29, 0.717) is 12.8 Å². The van der Waals surface area contributed by atoms with E-state index in [1.807, 2.05) is 90.1 Å². The number of benzene rings is 4. The van der Waals surface area contributed by atoms with Crippen molar-refractivity contribution in [1.82, 2.24) is 29.1 Å². The SMILES string of the molecule is C.C1CCOC1.CC(C)(C)OC(=O)CC1(c2ccc(-c3cn4c(n3)-c3ccccc3Nc3ncccc3-4)cc2)CCC1.CC(C)(C)OC(=O)CC1(c2ccc(-c3nc4n(c3Br)-c3cccnc3Nc3ccccc3-4)cc2)CCC1. The standard InChI is InChI=1S/C30H29BrN4O2.C30H30N4O2.C4H8O.CH4/c1-29(2,3)37-24(36)18-30(15-7-16-30)20-13-11-19(12-14-20)25-26(31)35-23-10-6-17-32-27(23)33-22-9-5-4-8-21(22)28(35)34-25;1-29(2,3)36-26(35)18-30(15-7-16-30)21-13-11-20(12-14-21)24-19-34-25-10-6-17-31-27(25)32-23-9-5-4-8-22(23)28(34)33-24;1-2-4-5-3-1;/h4-6,8-14,17H,7,15-16,18H2,1-3H3,(H,32,33);4-6,8-14,17,19H,7,15-16,18H2,1-3H3,(H,31,32);1-4H2;1H4. The third-order valence-electron chi connectivity index (χ3n) is 15.3. The average Bonchev–Trinajstić information content (AvgIpc) is 4.20. The van der Waals surface area contributed by atoms with Gasteiger partial charge in [0, 0.05) is 64.9 Å². The number of nitrogens with one attached hydrogen (secondary N) is 2. The molecular formula is C65H71BrN8O5. The number of carbonyl (C=O) groups is 2. The highest BCUT2D eigenvalue weighted by atomic mass is 79.9. The highest BCUT2D eigenvalue weighted by molar-refractivity contribution is 9.10. The molecule has 0 spiro atoms. The van der Waals surface area contributed by atoms with Gasteiger partial charge in [-0.05, 0) is 156 Å². The number of imidazole rings is 2. The van der Waals surface area contributed by atoms with Gasteiger partial charge in [-0.2, -0.15) is 0 Å². The van der Waals surface area contributed by atoms with Gasteiger partial charge in [-0.15, -0.1) is 0 Å². The Morgan fingerprint density at radius 2 is 1.08 bits per heavy atom. The van der Waals surface area contributed by atoms with Crippen LogP contribution in [0.4, 0.5) is 23.0 Å². The summed E-state index contributed by atoms with van der Waals surface area (Å²) < 4.78 is 21.3. The van der Waals surface area contributed by atoms with Gasteiger partial charge in [0.15, 0.2) is 11.6 Å². The molecule has 13 nitrogen and oxygen atoms in total. The number of rotatable bonds is 8. The average molecular weight is 1120 g/mol. The molecule has 79 heavy (non-hydrogen) atoms. The number of para-hydroxylation sites is 2. The molecule has 7 heterocycles. The summed E-state index contributed by atoms with van der Waals surface area (Å²) in [6, 6.07) is 41.4. The van der Waals surface area contributed by atoms with Gasteiger partial charge in [-0.25, -0.2) is 19.9 Å². The lowest BCUT2D eigenvalue weighted by atomic mass is 9.62. The van der Waals surface area contributed by atoms with Crippen molar-refractivity contribution in [2.24, 2.45) is 0 Å². The number of ether oxygens (including phenoxy) is 3. The van der Waals surface area contributed by atoms with E-state index in [-0.39, 0.29) is 30.2 Å². The van der Waals surface area contributed by atoms with Crippen LogP contribution in [0.3, 0.4) is 0 Å². The van der Waals surface area contributed by atoms with Gasteiger partial charge in [0.2, 0.25) is 0 Å². The number of hydrogen-bond acceptors (Lipinski definition) is 11. The van der Waals surface area contributed by atoms with Crippen LogP contribution in [0.2, 0.25) is 0 Å². The lowest BCUT2D eigenvalue weighted by Crippen LogP contribution is -2.38. The second-order valence-electron chi connectivity index (χ2n) is 23.1. The Kier molecular flexibility index (Phi) is 15.6. The van der Waals surface area contributed by atoms with E-state index in [9.17, 15) is 9.59 Å². The fraction of sp³-hybridized carbons (Fsp3) is 0.354. The highest BCUT2D eigenvalue weighted by Gasteiger charge is 2.43. The predicted octanol–water partition coefficient (Wildman–Crippen LogP) is 15.8. The number of carbonyl (C=O) groups excluding carboxylic acids is 2. The summed E-state index contributed by atoms with van der Waals surface area (Å²) in [6.07, 6.45) is 15.4. The van der Waals surface area contributed by atoms with E-state index in [4.69, 9.17) is 24.2 Å². The maximum absolute atomic E-state index is 12.7. The first-order chi connectivity index (χ1) is 37.6. The van der Waals surface area contributed by atoms with Gasteiger partial charge in [-0.1, -0.05) is 93.1 Å². The Hall–Kier alpha value is -7.42. The zero-order chi connectivity index (χ0) is 54.2. The molecule has 3 fully saturated rings. The lowest BCUT2D eigenvalue weighted by Gasteiger charge is -2.42. The minimum Gasteiger partial charge on any atom is -0.460 e. The largest absolute Gasteiger partial charge is 0.460 e. The van der Waals surface area contributed by atoms with Crippen LogP contribution in [-0.2, 0) is 34.6 Å². The van der Waals surface area contributed by atoms with Crippen LogP contribution >= 0.6 is 15.9 Å². The summed E-state index contributed by atoms with van der Waals surface area (Å²) in [7, 11) is 0. The first-order valence-corrected chi connectivity index (χ1v) is 28.1. The number of hydrogen-bond donors (Lipinski definition) is 2. The van der Waals surface area contributed by atoms with E-state index in [1.165, 1.54) is 24.0 Å². The van der Waals surface area contributed by atoms with Crippen molar-refractivity contribution in [3.63, 3.8) is 0 Å². The molecule has 0 atom stereocenters. The summed E-state index contributed by atoms with van der Waals surface area (Å²) in [5, 5.41) is 6.91. The molecule has 13 rings (SSSR count). The molecule has 5 aliphatic rings. The summed E-state index contributed by atoms with van der Waals surface area (Å²) in [6.45, 7) is 13.5. The number of nitrogens with zero attached hydrogens (tertiary/aromatic N) is 6. The fourth-order valence-corrected chi connectivity index (χ4v) is 11.9. The third kappa shape index (κ3) is 11.5. The summed E-state index contributed by atoms with van der Waals surface area (Å²) in [5.41, 5.74) is 10.9. The Labute approximate surface area is 472 Å². The quantitative estimate of drug-likeness (QED) is 0.140. The number of anilines is 4. The molecule has 0 radical (unpaired) electrons. The second kappa shape index (κ2) is 22.4. The van der Waals surface area contributed by atoms with E-state index < -0.39 is 11.2 Å². The molecule has 2 N–H and O–H groups in total. The third-order valence-corrected chi connectivity index (χ3v) is 16.0. The number of halogens is 1. The van der Waals surface area contributed by atoms with Crippen molar-refractivity contribution in [3.8, 4) is 56.7 Å². The lowest BCUT2D eigenvalue weighted by molar-refractivity contribution is -0.158. The van der Waals surface area contributed by atoms with E-state index in [0.717, 1.165) is 136 Å². The van der Waals surface area contributed by atoms with Gasteiger partial charge in [0.05, 0.1) is 41.3 Å². The minimum atomic E-state index is -0.473. The Bertz CT molecular complexity index is 3420. The zero-order valence-electron chi connectivity index (χ0n) is 45.4. The normalized spacial score (nSPS) is 15.7. The summed E-state index contributed by atoms with van der Waals surface area (Å²) in [4.78, 5) is 44.6. The molecule has 4 aromatic carbocycles. The highest BCUT2D eigenvalue weighted by Crippen LogP contribution is 2.50. The number of pyridine rings is 2. The smallest absolute Gasteiger partial charge is 0.307 e. The van der Waals surface area contributed by atoms with Crippen LogP contribution in [0.5, 0.6) is 0 Å². The molecule has 1 saturated heterocycles. The Morgan fingerprint density at radius 3 is 1.56 bits per heavy atom. The van der Waals surface area contributed by atoms with Crippen molar-refractivity contribution < 1.29 is 23.8 Å². The van der Waals surface area contributed by atoms with Gasteiger partial charge in [0.25, 0.3) is 0 Å². The van der Waals surface area contributed by atoms with Gasteiger partial charge >= 0.3 is 11.9 Å². The molecule has 0 bridgehead atoms. The molecule has 14 heteroatoms. The Balaban J connectivity index is 0.000000162. The van der Waals surface area contributed by atoms with Crippen molar-refractivity contribution >= 4 is 50.9 Å². The first kappa shape index (κ1) is 54.9. The van der Waals surface area contributed by atoms with Crippen LogP contribution in [0, 0.1) is 0 Å². The first-order valence-electron chi connectivity index (χ1n) is 27.3. The molecule has 408 valence electrons. The van der Waals surface area contributed by atoms with Crippen LogP contribution in [-0.4, -0.2) is 65.4 Å². The molecule has 0 amide bonds. The second-order valence-corrected chi connectivity index (χ2v) is 23.8. The van der Waals surface area contributed by atoms with Crippen LogP contribution < -0.4 is 10.6 Å². The monoisotopic (exact) mass is 1120 g/mol. The van der Waals surface area contributed by atoms with Crippen molar-refractivity contribution in [2.75, 3.05) is 23.8 Å². The van der Waals surface area contributed by atoms with E-state index in [1.54, 1.807) is 12.4 Å². The zero-order valence-corrected chi connectivity index (χ0v) is 47.0. The molecule has 0 unspecified atom stereocenters. The molecule has 8 aromatic rings. The molecule has 2 aliphatic carbocycles. The van der Waals surface area contributed by atoms with Gasteiger partial charge in [-0.3, -0.25) is 18.7 Å². The van der Waals surface area contributed by atoms with Crippen LogP contribution in [0.1, 0.15) is 124 Å². The van der Waals surface area contributed by atoms with E-state index in [2.05, 4.69) is 125 Å². The minimum absolute atomic E-state index is 0. The summed E-state index contributed by atoms with van der Waals surface area (Å²) in [5.74, 6) is 3.06. The van der Waals surface area contributed by atoms with Crippen LogP contribution in [0.15, 0.2) is 145 Å². The van der Waals surface area contributed by atoms with Crippen LogP contribution in [0.25, 0.3) is 56.7 Å². The fourth-order valence-electron chi connectivity index (χ4n) is 11.2. The van der Waals surface area contributed by atoms with Gasteiger partial charge in [0.1, 0.15) is 33.1 Å². The number of aromatic nitrogens is 6. The maximum atomic E-state index is 12.7. The topological polar surface area (TPSA) is 147 Å². The van der Waals surface area contributed by atoms with Crippen molar-refractivity contribution in [3.05, 3.63) is 156 Å². The molecule has 2 saturated carbocycles. The molecular weight excluding hydrogens is 1050 g/mol. The van der Waals surface area contributed by atoms with Crippen molar-refractivity contribution in [2.45, 2.75) is 135 Å². The molecule has 3 aliphatic heterocycles. The Morgan fingerprint density at radius 1 is 0.595 bits per heavy atom. The van der Waals surface area contributed by atoms with Gasteiger partial charge < -0.3 is 24.8 Å². The number of fused-ring (bicyclic) bond motifs is 10. The summed E-state index contributed by atoms with van der Waals surface area (Å²) >= 11 is 3.86. The van der Waals surface area contributed by atoms with E-state index >= 15 is 0 Å². The predicted molar refractivity (Wildman–Crippen MR) is 317 cm³/mol. The number of esters is 2. The maximum Gasteiger partial charge on any atom is 0.307 e.